The molecule has 0 unspecified atom stereocenters. The van der Waals surface area contributed by atoms with Crippen molar-refractivity contribution in [3.63, 3.8) is 0 Å². The number of hydrogen-bond donors (Lipinski definition) is 0. The van der Waals surface area contributed by atoms with Gasteiger partial charge in [0.15, 0.2) is 0 Å². The lowest BCUT2D eigenvalue weighted by Crippen LogP contribution is -2.19. The van der Waals surface area contributed by atoms with E-state index in [1.165, 1.54) is 14.2 Å². The number of methoxy groups -OCH3 is 2. The standard InChI is InChI=1S/C13H22O4/c1-7-9(11(14)16-5)10(12(15)17-6)8-13(2,3)4/h7-8H2,1-6H3. The van der Waals surface area contributed by atoms with Gasteiger partial charge in [0.25, 0.3) is 0 Å². The summed E-state index contributed by atoms with van der Waals surface area (Å²) in [6, 6.07) is 0. The van der Waals surface area contributed by atoms with E-state index < -0.39 is 11.9 Å². The number of rotatable bonds is 4. The maximum Gasteiger partial charge on any atom is 0.334 e. The highest BCUT2D eigenvalue weighted by Gasteiger charge is 2.25. The lowest BCUT2D eigenvalue weighted by atomic mass is 9.85. The van der Waals surface area contributed by atoms with Gasteiger partial charge in [-0.25, -0.2) is 9.59 Å². The smallest absolute Gasteiger partial charge is 0.334 e. The van der Waals surface area contributed by atoms with Gasteiger partial charge in [-0.1, -0.05) is 27.7 Å². The molecule has 0 saturated heterocycles. The van der Waals surface area contributed by atoms with Crippen molar-refractivity contribution in [3.05, 3.63) is 11.1 Å². The van der Waals surface area contributed by atoms with Crippen LogP contribution in [0, 0.1) is 5.41 Å². The molecular formula is C13H22O4. The zero-order valence-corrected chi connectivity index (χ0v) is 11.5. The number of carbonyl (C=O) groups excluding carboxylic acids is 2. The molecule has 0 atom stereocenters. The normalized spacial score (nSPS) is 12.8. The van der Waals surface area contributed by atoms with Gasteiger partial charge in [-0.3, -0.25) is 0 Å². The summed E-state index contributed by atoms with van der Waals surface area (Å²) in [7, 11) is 2.62. The van der Waals surface area contributed by atoms with Crippen molar-refractivity contribution in [2.45, 2.75) is 40.5 Å². The first-order valence-corrected chi connectivity index (χ1v) is 5.65. The van der Waals surface area contributed by atoms with E-state index in [1.54, 1.807) is 0 Å². The molecule has 0 bridgehead atoms. The Morgan fingerprint density at radius 2 is 1.35 bits per heavy atom. The first-order chi connectivity index (χ1) is 7.76. The third kappa shape index (κ3) is 5.02. The molecule has 0 saturated carbocycles. The third-order valence-electron chi connectivity index (χ3n) is 2.29. The fraction of sp³-hybridized carbons (Fsp3) is 0.692. The van der Waals surface area contributed by atoms with E-state index in [-0.39, 0.29) is 5.41 Å². The number of carbonyl (C=O) groups is 2. The van der Waals surface area contributed by atoms with Crippen molar-refractivity contribution in [1.29, 1.82) is 0 Å². The number of hydrogen-bond acceptors (Lipinski definition) is 4. The molecule has 4 heteroatoms. The van der Waals surface area contributed by atoms with E-state index in [0.717, 1.165) is 0 Å². The van der Waals surface area contributed by atoms with Crippen LogP contribution >= 0.6 is 0 Å². The molecule has 0 aromatic rings. The maximum absolute atomic E-state index is 11.7. The zero-order chi connectivity index (χ0) is 13.6. The van der Waals surface area contributed by atoms with Crippen LogP contribution in [0.4, 0.5) is 0 Å². The molecule has 0 spiro atoms. The lowest BCUT2D eigenvalue weighted by Gasteiger charge is -2.21. The van der Waals surface area contributed by atoms with Crippen LogP contribution < -0.4 is 0 Å². The SMILES string of the molecule is CCC(C(=O)OC)=C(CC(C)(C)C)C(=O)OC. The van der Waals surface area contributed by atoms with Crippen LogP contribution in [0.3, 0.4) is 0 Å². The predicted molar refractivity (Wildman–Crippen MR) is 65.4 cm³/mol. The number of ether oxygens (including phenoxy) is 2. The van der Waals surface area contributed by atoms with E-state index >= 15 is 0 Å². The maximum atomic E-state index is 11.7. The highest BCUT2D eigenvalue weighted by Crippen LogP contribution is 2.28. The van der Waals surface area contributed by atoms with Gasteiger partial charge in [-0.15, -0.1) is 0 Å². The average molecular weight is 242 g/mol. The Kier molecular flexibility index (Phi) is 5.93. The molecule has 0 amide bonds. The Bertz CT molecular complexity index is 321. The fourth-order valence-electron chi connectivity index (χ4n) is 1.56. The van der Waals surface area contributed by atoms with Gasteiger partial charge < -0.3 is 9.47 Å². The van der Waals surface area contributed by atoms with Crippen molar-refractivity contribution in [3.8, 4) is 0 Å². The number of esters is 2. The second-order valence-corrected chi connectivity index (χ2v) is 5.03. The van der Waals surface area contributed by atoms with Gasteiger partial charge in [0.05, 0.1) is 14.2 Å². The molecule has 0 fully saturated rings. The lowest BCUT2D eigenvalue weighted by molar-refractivity contribution is -0.139. The Morgan fingerprint density at radius 3 is 1.65 bits per heavy atom. The van der Waals surface area contributed by atoms with E-state index in [0.29, 0.717) is 24.0 Å². The molecule has 0 aliphatic rings. The van der Waals surface area contributed by atoms with E-state index in [2.05, 4.69) is 4.74 Å². The Morgan fingerprint density at radius 1 is 0.941 bits per heavy atom. The molecule has 0 heterocycles. The van der Waals surface area contributed by atoms with Gasteiger partial charge in [-0.2, -0.15) is 0 Å². The minimum Gasteiger partial charge on any atom is -0.466 e. The van der Waals surface area contributed by atoms with Gasteiger partial charge in [0.2, 0.25) is 0 Å². The van der Waals surface area contributed by atoms with Crippen LogP contribution in [-0.4, -0.2) is 26.2 Å². The average Bonchev–Trinajstić information content (AvgIpc) is 2.25. The van der Waals surface area contributed by atoms with Gasteiger partial charge in [-0.05, 0) is 18.3 Å². The molecule has 0 rings (SSSR count). The molecule has 0 aliphatic carbocycles. The second kappa shape index (κ2) is 6.42. The van der Waals surface area contributed by atoms with Crippen molar-refractivity contribution in [2.24, 2.45) is 5.41 Å². The topological polar surface area (TPSA) is 52.6 Å². The first kappa shape index (κ1) is 15.7. The molecule has 0 aromatic carbocycles. The zero-order valence-electron chi connectivity index (χ0n) is 11.5. The van der Waals surface area contributed by atoms with E-state index in [4.69, 9.17) is 4.74 Å². The molecule has 0 N–H and O–H groups in total. The van der Waals surface area contributed by atoms with Crippen LogP contribution in [-0.2, 0) is 19.1 Å². The predicted octanol–water partition coefficient (Wildman–Crippen LogP) is 2.48. The summed E-state index contributed by atoms with van der Waals surface area (Å²) in [5, 5.41) is 0. The summed E-state index contributed by atoms with van der Waals surface area (Å²) in [6.45, 7) is 7.82. The largest absolute Gasteiger partial charge is 0.466 e. The fourth-order valence-corrected chi connectivity index (χ4v) is 1.56. The molecule has 0 aromatic heterocycles. The second-order valence-electron chi connectivity index (χ2n) is 5.03. The summed E-state index contributed by atoms with van der Waals surface area (Å²) < 4.78 is 9.42. The van der Waals surface area contributed by atoms with Crippen LogP contribution in [0.5, 0.6) is 0 Å². The molecular weight excluding hydrogens is 220 g/mol. The van der Waals surface area contributed by atoms with Gasteiger partial charge >= 0.3 is 11.9 Å². The molecule has 17 heavy (non-hydrogen) atoms. The Balaban J connectivity index is 5.46. The summed E-state index contributed by atoms with van der Waals surface area (Å²) in [5.41, 5.74) is 0.710. The molecule has 4 nitrogen and oxygen atoms in total. The first-order valence-electron chi connectivity index (χ1n) is 5.65. The van der Waals surface area contributed by atoms with Crippen molar-refractivity contribution >= 4 is 11.9 Å². The quantitative estimate of drug-likeness (QED) is 0.561. The van der Waals surface area contributed by atoms with E-state index in [1.807, 2.05) is 27.7 Å². The highest BCUT2D eigenvalue weighted by molar-refractivity contribution is 6.00. The Labute approximate surface area is 103 Å². The minimum atomic E-state index is -0.461. The summed E-state index contributed by atoms with van der Waals surface area (Å²) in [6.07, 6.45) is 0.936. The summed E-state index contributed by atoms with van der Waals surface area (Å²) in [4.78, 5) is 23.3. The summed E-state index contributed by atoms with van der Waals surface area (Å²) in [5.74, 6) is -0.917. The molecule has 0 aliphatic heterocycles. The van der Waals surface area contributed by atoms with Crippen molar-refractivity contribution in [1.82, 2.24) is 0 Å². The van der Waals surface area contributed by atoms with Crippen LogP contribution in [0.1, 0.15) is 40.5 Å². The van der Waals surface area contributed by atoms with Crippen LogP contribution in [0.25, 0.3) is 0 Å². The van der Waals surface area contributed by atoms with Crippen LogP contribution in [0.2, 0.25) is 0 Å². The Hall–Kier alpha value is -1.32. The monoisotopic (exact) mass is 242 g/mol. The van der Waals surface area contributed by atoms with Crippen LogP contribution in [0.15, 0.2) is 11.1 Å². The van der Waals surface area contributed by atoms with Crippen molar-refractivity contribution in [2.75, 3.05) is 14.2 Å². The molecule has 98 valence electrons. The van der Waals surface area contributed by atoms with Gasteiger partial charge in [0.1, 0.15) is 0 Å². The minimum absolute atomic E-state index is 0.0992. The summed E-state index contributed by atoms with van der Waals surface area (Å²) >= 11 is 0. The van der Waals surface area contributed by atoms with E-state index in [9.17, 15) is 9.59 Å². The van der Waals surface area contributed by atoms with Gasteiger partial charge in [0, 0.05) is 11.1 Å². The molecule has 0 radical (unpaired) electrons. The highest BCUT2D eigenvalue weighted by atomic mass is 16.5. The van der Waals surface area contributed by atoms with Crippen molar-refractivity contribution < 1.29 is 19.1 Å². The third-order valence-corrected chi connectivity index (χ3v) is 2.29.